The summed E-state index contributed by atoms with van der Waals surface area (Å²) in [6.07, 6.45) is 11.6. The first-order chi connectivity index (χ1) is 12.3. The van der Waals surface area contributed by atoms with Crippen molar-refractivity contribution in [2.75, 3.05) is 25.0 Å². The fourth-order valence-electron chi connectivity index (χ4n) is 4.32. The molecule has 7 nitrogen and oxygen atoms in total. The lowest BCUT2D eigenvalue weighted by atomic mass is 9.77. The third kappa shape index (κ3) is 3.99. The second-order valence-corrected chi connectivity index (χ2v) is 7.28. The summed E-state index contributed by atoms with van der Waals surface area (Å²) in [4.78, 5) is 10.9. The first kappa shape index (κ1) is 16.5. The summed E-state index contributed by atoms with van der Waals surface area (Å²) in [5, 5.41) is 18.1. The zero-order valence-electron chi connectivity index (χ0n) is 14.4. The van der Waals surface area contributed by atoms with Gasteiger partial charge in [0.1, 0.15) is 5.82 Å². The van der Waals surface area contributed by atoms with Crippen molar-refractivity contribution in [1.29, 1.82) is 0 Å². The number of anilines is 1. The Kier molecular flexibility index (Phi) is 4.94. The minimum Gasteiger partial charge on any atom is -0.391 e. The number of rotatable bonds is 6. The molecular formula is C18H26N6O. The van der Waals surface area contributed by atoms with E-state index in [2.05, 4.69) is 25.3 Å². The molecule has 0 amide bonds. The van der Waals surface area contributed by atoms with Gasteiger partial charge in [0.25, 0.3) is 0 Å². The number of aryl methyl sites for hydroxylation is 1. The normalized spacial score (nSPS) is 29.5. The first-order valence-electron chi connectivity index (χ1n) is 9.18. The summed E-state index contributed by atoms with van der Waals surface area (Å²) in [5.74, 6) is 2.01. The lowest BCUT2D eigenvalue weighted by Gasteiger charge is -2.35. The molecule has 0 bridgehead atoms. The zero-order valence-corrected chi connectivity index (χ0v) is 14.4. The highest BCUT2D eigenvalue weighted by molar-refractivity contribution is 5.32. The summed E-state index contributed by atoms with van der Waals surface area (Å²) < 4.78 is 1.99. The van der Waals surface area contributed by atoms with Crippen molar-refractivity contribution in [1.82, 2.24) is 24.6 Å². The van der Waals surface area contributed by atoms with Crippen LogP contribution in [0.3, 0.4) is 0 Å². The van der Waals surface area contributed by atoms with Crippen molar-refractivity contribution < 1.29 is 5.11 Å². The van der Waals surface area contributed by atoms with E-state index in [0.717, 1.165) is 51.3 Å². The number of hydrogen-bond donors (Lipinski definition) is 2. The van der Waals surface area contributed by atoms with E-state index in [0.29, 0.717) is 11.8 Å². The molecule has 25 heavy (non-hydrogen) atoms. The second kappa shape index (κ2) is 7.49. The number of fused-ring (bicyclic) bond motifs is 1. The number of aromatic nitrogens is 4. The van der Waals surface area contributed by atoms with Crippen LogP contribution in [0.25, 0.3) is 0 Å². The average molecular weight is 342 g/mol. The van der Waals surface area contributed by atoms with Gasteiger partial charge >= 0.3 is 0 Å². The van der Waals surface area contributed by atoms with E-state index >= 15 is 0 Å². The van der Waals surface area contributed by atoms with E-state index in [1.54, 1.807) is 18.6 Å². The molecule has 4 rings (SSSR count). The van der Waals surface area contributed by atoms with Gasteiger partial charge in [0.05, 0.1) is 18.3 Å². The molecule has 0 spiro atoms. The van der Waals surface area contributed by atoms with E-state index in [1.165, 1.54) is 0 Å². The molecule has 2 aromatic heterocycles. The fraction of sp³-hybridized carbons (Fsp3) is 0.611. The van der Waals surface area contributed by atoms with Gasteiger partial charge in [-0.2, -0.15) is 5.10 Å². The molecular weight excluding hydrogens is 316 g/mol. The van der Waals surface area contributed by atoms with E-state index in [-0.39, 0.29) is 12.1 Å². The molecule has 0 aromatic carbocycles. The van der Waals surface area contributed by atoms with Crippen LogP contribution in [0.1, 0.15) is 19.3 Å². The molecule has 2 aliphatic rings. The lowest BCUT2D eigenvalue weighted by Crippen LogP contribution is -2.43. The standard InChI is InChI=1S/C18H26N6O/c25-17-10-15-13-23(6-2-8-24-7-1-3-21-24)12-14(15)9-16(17)22-18-11-19-4-5-20-18/h1,3-5,7,11,14-17,25H,2,6,8-10,12-13H2,(H,20,22)/t14-,15+,16-,17-/m1/s1. The van der Waals surface area contributed by atoms with Crippen molar-refractivity contribution in [3.05, 3.63) is 37.1 Å². The second-order valence-electron chi connectivity index (χ2n) is 7.28. The van der Waals surface area contributed by atoms with E-state index in [9.17, 15) is 5.11 Å². The van der Waals surface area contributed by atoms with Crippen molar-refractivity contribution >= 4 is 5.82 Å². The Balaban J connectivity index is 1.27. The Labute approximate surface area is 148 Å². The van der Waals surface area contributed by atoms with Crippen LogP contribution in [0.2, 0.25) is 0 Å². The van der Waals surface area contributed by atoms with Crippen LogP contribution in [0.5, 0.6) is 0 Å². The molecule has 2 N–H and O–H groups in total. The van der Waals surface area contributed by atoms with Crippen molar-refractivity contribution in [2.45, 2.75) is 38.0 Å². The van der Waals surface area contributed by atoms with Crippen molar-refractivity contribution in [3.63, 3.8) is 0 Å². The maximum absolute atomic E-state index is 10.5. The highest BCUT2D eigenvalue weighted by Gasteiger charge is 2.41. The molecule has 4 atom stereocenters. The van der Waals surface area contributed by atoms with Crippen LogP contribution in [0, 0.1) is 11.8 Å². The van der Waals surface area contributed by atoms with Gasteiger partial charge in [0.2, 0.25) is 0 Å². The SMILES string of the molecule is O[C@@H]1C[C@H]2CN(CCCn3cccn3)C[C@H]2C[C@H]1Nc1cnccn1. The molecule has 134 valence electrons. The molecule has 1 saturated carbocycles. The summed E-state index contributed by atoms with van der Waals surface area (Å²) >= 11 is 0. The van der Waals surface area contributed by atoms with E-state index in [1.807, 2.05) is 23.1 Å². The quantitative estimate of drug-likeness (QED) is 0.822. The molecule has 0 radical (unpaired) electrons. The molecule has 1 aliphatic heterocycles. The van der Waals surface area contributed by atoms with Crippen LogP contribution in [0.15, 0.2) is 37.1 Å². The third-order valence-corrected chi connectivity index (χ3v) is 5.53. The molecule has 2 aromatic rings. The zero-order chi connectivity index (χ0) is 17.1. The molecule has 1 saturated heterocycles. The van der Waals surface area contributed by atoms with Gasteiger partial charge in [-0.05, 0) is 43.7 Å². The van der Waals surface area contributed by atoms with Crippen molar-refractivity contribution in [3.8, 4) is 0 Å². The van der Waals surface area contributed by atoms with Gasteiger partial charge in [-0.1, -0.05) is 0 Å². The predicted molar refractivity (Wildman–Crippen MR) is 94.9 cm³/mol. The largest absolute Gasteiger partial charge is 0.391 e. The lowest BCUT2D eigenvalue weighted by molar-refractivity contribution is 0.0735. The fourth-order valence-corrected chi connectivity index (χ4v) is 4.32. The smallest absolute Gasteiger partial charge is 0.144 e. The van der Waals surface area contributed by atoms with Crippen LogP contribution in [-0.2, 0) is 6.54 Å². The summed E-state index contributed by atoms with van der Waals surface area (Å²) in [6, 6.07) is 2.04. The van der Waals surface area contributed by atoms with Gasteiger partial charge in [-0.15, -0.1) is 0 Å². The predicted octanol–water partition coefficient (Wildman–Crippen LogP) is 1.25. The van der Waals surface area contributed by atoms with E-state index < -0.39 is 0 Å². The van der Waals surface area contributed by atoms with Crippen LogP contribution in [0.4, 0.5) is 5.82 Å². The Hall–Kier alpha value is -1.99. The van der Waals surface area contributed by atoms with Crippen molar-refractivity contribution in [2.24, 2.45) is 11.8 Å². The average Bonchev–Trinajstić information content (AvgIpc) is 3.26. The summed E-state index contributed by atoms with van der Waals surface area (Å²) in [6.45, 7) is 4.32. The minimum absolute atomic E-state index is 0.0713. The molecule has 3 heterocycles. The van der Waals surface area contributed by atoms with Crippen LogP contribution < -0.4 is 5.32 Å². The van der Waals surface area contributed by atoms with Crippen LogP contribution >= 0.6 is 0 Å². The van der Waals surface area contributed by atoms with E-state index in [4.69, 9.17) is 0 Å². The Morgan fingerprint density at radius 3 is 2.76 bits per heavy atom. The van der Waals surface area contributed by atoms with Gasteiger partial charge < -0.3 is 15.3 Å². The monoisotopic (exact) mass is 342 g/mol. The Bertz CT molecular complexity index is 649. The van der Waals surface area contributed by atoms with Gasteiger partial charge in [-0.25, -0.2) is 4.98 Å². The highest BCUT2D eigenvalue weighted by atomic mass is 16.3. The third-order valence-electron chi connectivity index (χ3n) is 5.53. The number of nitrogens with zero attached hydrogens (tertiary/aromatic N) is 5. The summed E-state index contributed by atoms with van der Waals surface area (Å²) in [7, 11) is 0. The number of hydrogen-bond acceptors (Lipinski definition) is 6. The minimum atomic E-state index is -0.313. The van der Waals surface area contributed by atoms with Gasteiger partial charge in [0, 0.05) is 44.4 Å². The molecule has 1 aliphatic carbocycles. The van der Waals surface area contributed by atoms with Gasteiger partial charge in [-0.3, -0.25) is 9.67 Å². The summed E-state index contributed by atoms with van der Waals surface area (Å²) in [5.41, 5.74) is 0. The Morgan fingerprint density at radius 2 is 2.00 bits per heavy atom. The number of aliphatic hydroxyl groups excluding tert-OH is 1. The first-order valence-corrected chi connectivity index (χ1v) is 9.18. The molecule has 0 unspecified atom stereocenters. The van der Waals surface area contributed by atoms with Gasteiger partial charge in [0.15, 0.2) is 0 Å². The topological polar surface area (TPSA) is 79.1 Å². The highest BCUT2D eigenvalue weighted by Crippen LogP contribution is 2.37. The molecule has 7 heteroatoms. The maximum Gasteiger partial charge on any atom is 0.144 e. The molecule has 2 fully saturated rings. The maximum atomic E-state index is 10.5. The Morgan fingerprint density at radius 1 is 1.12 bits per heavy atom. The number of nitrogens with one attached hydrogen (secondary N) is 1. The van der Waals surface area contributed by atoms with Crippen LogP contribution in [-0.4, -0.2) is 61.5 Å². The number of likely N-dealkylation sites (tertiary alicyclic amines) is 1. The number of aliphatic hydroxyl groups is 1.